The summed E-state index contributed by atoms with van der Waals surface area (Å²) in [6.45, 7) is 1.04. The number of hydrogen-bond acceptors (Lipinski definition) is 11. The van der Waals surface area contributed by atoms with Crippen molar-refractivity contribution in [2.24, 2.45) is 0 Å². The van der Waals surface area contributed by atoms with Crippen LogP contribution in [0.1, 0.15) is 23.8 Å². The number of ether oxygens (including phenoxy) is 2. The number of aliphatic hydroxyl groups is 1. The Morgan fingerprint density at radius 1 is 1.26 bits per heavy atom. The van der Waals surface area contributed by atoms with Crippen LogP contribution in [0.5, 0.6) is 5.75 Å². The minimum atomic E-state index is -4.60. The number of benzene rings is 2. The molecule has 3 unspecified atom stereocenters. The fourth-order valence-corrected chi connectivity index (χ4v) is 7.65. The highest BCUT2D eigenvalue weighted by atomic mass is 32.2. The molecule has 18 heteroatoms. The normalized spacial score (nSPS) is 17.3. The average molecular weight is 744 g/mol. The summed E-state index contributed by atoms with van der Waals surface area (Å²) in [6.07, 6.45) is -7.54. The van der Waals surface area contributed by atoms with Gasteiger partial charge in [0.25, 0.3) is 10.0 Å². The number of β-amino-alcohol motifs (C(OH)–C–C–N with tert-alkyl or cyclic N) is 1. The van der Waals surface area contributed by atoms with Crippen molar-refractivity contribution >= 4 is 48.7 Å². The van der Waals surface area contributed by atoms with Crippen molar-refractivity contribution < 1.29 is 49.7 Å². The maximum absolute atomic E-state index is 15.2. The van der Waals surface area contributed by atoms with Crippen molar-refractivity contribution in [2.45, 2.75) is 49.2 Å². The molecule has 2 heterocycles. The molecule has 1 aliphatic heterocycles. The number of methoxy groups -OCH3 is 1. The molecule has 1 aliphatic rings. The Labute approximate surface area is 289 Å². The molecule has 3 atom stereocenters. The van der Waals surface area contributed by atoms with Crippen molar-refractivity contribution in [3.05, 3.63) is 46.6 Å². The molecular weight excluding hydrogens is 710 g/mol. The van der Waals surface area contributed by atoms with E-state index in [9.17, 15) is 35.9 Å². The highest BCUT2D eigenvalue weighted by Crippen LogP contribution is 2.40. The summed E-state index contributed by atoms with van der Waals surface area (Å²) in [4.78, 5) is 12.3. The van der Waals surface area contributed by atoms with Gasteiger partial charge in [-0.3, -0.25) is 9.69 Å². The van der Waals surface area contributed by atoms with Crippen molar-refractivity contribution in [3.63, 3.8) is 0 Å². The second kappa shape index (κ2) is 16.7. The third-order valence-electron chi connectivity index (χ3n) is 7.45. The largest absolute Gasteiger partial charge is 0.477 e. The topological polar surface area (TPSA) is 153 Å². The first-order valence-electron chi connectivity index (χ1n) is 15.1. The number of hydrogen-bond donors (Lipinski definition) is 4. The molecule has 0 aliphatic carbocycles. The fourth-order valence-electron chi connectivity index (χ4n) is 5.42. The molecule has 4 N–H and O–H groups in total. The molecule has 1 saturated heterocycles. The Morgan fingerprint density at radius 2 is 2.02 bits per heavy atom. The number of nitrogens with zero attached hydrogens (tertiary/aromatic N) is 2. The molecule has 1 fully saturated rings. The lowest BCUT2D eigenvalue weighted by Gasteiger charge is -2.36. The van der Waals surface area contributed by atoms with Crippen molar-refractivity contribution in [1.82, 2.24) is 9.62 Å². The Morgan fingerprint density at radius 3 is 2.68 bits per heavy atom. The maximum Gasteiger partial charge on any atom is 0.393 e. The van der Waals surface area contributed by atoms with E-state index in [0.29, 0.717) is 28.7 Å². The van der Waals surface area contributed by atoms with Crippen LogP contribution in [0, 0.1) is 29.0 Å². The van der Waals surface area contributed by atoms with E-state index in [-0.39, 0.29) is 48.1 Å². The molecule has 0 saturated carbocycles. The van der Waals surface area contributed by atoms with E-state index in [2.05, 4.69) is 22.5 Å². The fraction of sp³-hybridized carbons (Fsp3) is 0.438. The van der Waals surface area contributed by atoms with Crippen LogP contribution in [0.3, 0.4) is 0 Å². The number of nitrogens with one attached hydrogen (secondary N) is 3. The molecule has 0 radical (unpaired) electrons. The smallest absolute Gasteiger partial charge is 0.393 e. The van der Waals surface area contributed by atoms with Gasteiger partial charge in [0.2, 0.25) is 5.91 Å². The van der Waals surface area contributed by atoms with Crippen LogP contribution in [-0.2, 0) is 26.0 Å². The van der Waals surface area contributed by atoms with Crippen LogP contribution in [0.4, 0.5) is 33.3 Å². The summed E-state index contributed by atoms with van der Waals surface area (Å²) in [6, 6.07) is 7.39. The summed E-state index contributed by atoms with van der Waals surface area (Å²) in [5.74, 6) is 2.97. The van der Waals surface area contributed by atoms with Gasteiger partial charge in [0.1, 0.15) is 28.7 Å². The van der Waals surface area contributed by atoms with Crippen LogP contribution in [-0.4, -0.2) is 95.3 Å². The number of fused-ring (bicyclic) bond motifs is 1. The van der Waals surface area contributed by atoms with Crippen molar-refractivity contribution in [2.75, 3.05) is 57.1 Å². The Bertz CT molecular complexity index is 1900. The zero-order valence-electron chi connectivity index (χ0n) is 26.9. The van der Waals surface area contributed by atoms with E-state index >= 15 is 4.39 Å². The second-order valence-electron chi connectivity index (χ2n) is 11.4. The summed E-state index contributed by atoms with van der Waals surface area (Å²) in [7, 11) is -3.14. The molecule has 11 nitrogen and oxygen atoms in total. The molecule has 4 rings (SSSR count). The molecule has 2 aromatic carbocycles. The summed E-state index contributed by atoms with van der Waals surface area (Å²) >= 11 is 1.00. The first-order valence-corrected chi connectivity index (χ1v) is 17.4. The SMILES string of the molecule is COCC(O)CN1CCC(Nc2cccc3c(CC(F)(F)F)c(C#CCNc4cc(F)c(S(=O)(=O)NC(C)=O)cc4OCC#N)sc23)C(F)C1. The average Bonchev–Trinajstić information content (AvgIpc) is 3.35. The Balaban J connectivity index is 1.58. The van der Waals surface area contributed by atoms with Gasteiger partial charge >= 0.3 is 6.18 Å². The quantitative estimate of drug-likeness (QED) is 0.148. The van der Waals surface area contributed by atoms with E-state index < -0.39 is 64.2 Å². The molecule has 50 heavy (non-hydrogen) atoms. The van der Waals surface area contributed by atoms with Crippen LogP contribution in [0.25, 0.3) is 10.1 Å². The Hall–Kier alpha value is -4.20. The zero-order valence-corrected chi connectivity index (χ0v) is 28.5. The molecule has 270 valence electrons. The van der Waals surface area contributed by atoms with Crippen molar-refractivity contribution in [1.29, 1.82) is 5.26 Å². The summed E-state index contributed by atoms with van der Waals surface area (Å²) in [5.41, 5.74) is 0.280. The number of anilines is 2. The van der Waals surface area contributed by atoms with Gasteiger partial charge in [0.15, 0.2) is 6.61 Å². The number of piperidine rings is 1. The number of likely N-dealkylation sites (tertiary alicyclic amines) is 1. The van der Waals surface area contributed by atoms with Gasteiger partial charge in [-0.2, -0.15) is 18.4 Å². The van der Waals surface area contributed by atoms with Crippen LogP contribution >= 0.6 is 11.3 Å². The van der Waals surface area contributed by atoms with Crippen molar-refractivity contribution in [3.8, 4) is 23.7 Å². The second-order valence-corrected chi connectivity index (χ2v) is 14.0. The van der Waals surface area contributed by atoms with Gasteiger partial charge < -0.3 is 25.2 Å². The monoisotopic (exact) mass is 743 g/mol. The number of nitriles is 1. The van der Waals surface area contributed by atoms with E-state index in [0.717, 1.165) is 30.4 Å². The van der Waals surface area contributed by atoms with Crippen LogP contribution in [0.2, 0.25) is 0 Å². The Kier molecular flexibility index (Phi) is 12.9. The highest BCUT2D eigenvalue weighted by molar-refractivity contribution is 7.90. The summed E-state index contributed by atoms with van der Waals surface area (Å²) in [5, 5.41) is 25.1. The number of carbonyl (C=O) groups is 1. The van der Waals surface area contributed by atoms with E-state index in [1.165, 1.54) is 13.2 Å². The van der Waals surface area contributed by atoms with Gasteiger partial charge in [-0.15, -0.1) is 11.3 Å². The number of amides is 1. The summed E-state index contributed by atoms with van der Waals surface area (Å²) < 4.78 is 108. The first-order chi connectivity index (χ1) is 23.6. The zero-order chi connectivity index (χ0) is 36.6. The van der Waals surface area contributed by atoms with Gasteiger partial charge in [-0.05, 0) is 23.4 Å². The molecule has 1 amide bonds. The lowest BCUT2D eigenvalue weighted by atomic mass is 10.0. The highest BCUT2D eigenvalue weighted by Gasteiger charge is 2.33. The number of alkyl halides is 4. The van der Waals surface area contributed by atoms with Crippen LogP contribution in [0.15, 0.2) is 35.2 Å². The minimum Gasteiger partial charge on any atom is -0.477 e. The number of thiophene rings is 1. The lowest BCUT2D eigenvalue weighted by Crippen LogP contribution is -2.50. The number of carbonyl (C=O) groups excluding carboxylic acids is 1. The number of rotatable bonds is 13. The molecule has 3 aromatic rings. The van der Waals surface area contributed by atoms with Gasteiger partial charge in [0, 0.05) is 45.8 Å². The first kappa shape index (κ1) is 38.6. The molecular formula is C32H34F5N5O6S2. The van der Waals surface area contributed by atoms with E-state index in [1.807, 2.05) is 0 Å². The van der Waals surface area contributed by atoms with Gasteiger partial charge in [-0.1, -0.05) is 24.0 Å². The predicted molar refractivity (Wildman–Crippen MR) is 177 cm³/mol. The third kappa shape index (κ3) is 10.2. The van der Waals surface area contributed by atoms with Gasteiger partial charge in [0.05, 0.1) is 52.7 Å². The number of aliphatic hydroxyl groups excluding tert-OH is 1. The molecule has 0 bridgehead atoms. The number of halogens is 5. The maximum atomic E-state index is 15.2. The standard InChI is InChI=1S/C32H34F5N5O6S2/c1-19(43)41-50(45,46)30-14-28(48-12-9-38)27(13-23(30)33)39-10-4-7-29-22(15-32(35,36)37)21-5-3-6-26(31(21)49-29)40-25-8-11-42(17-24(25)34)16-20(44)18-47-2/h3,5-6,13-14,20,24-25,39-40,44H,8,10-12,15-18H2,1-2H3,(H,41,43). The van der Waals surface area contributed by atoms with E-state index in [4.69, 9.17) is 14.7 Å². The lowest BCUT2D eigenvalue weighted by molar-refractivity contribution is -0.127. The minimum absolute atomic E-state index is 0.0584. The van der Waals surface area contributed by atoms with Crippen LogP contribution < -0.4 is 20.1 Å². The molecule has 1 aromatic heterocycles. The number of sulfonamides is 1. The predicted octanol–water partition coefficient (Wildman–Crippen LogP) is 4.17. The molecule has 0 spiro atoms. The van der Waals surface area contributed by atoms with Gasteiger partial charge in [-0.25, -0.2) is 21.9 Å². The third-order valence-corrected chi connectivity index (χ3v) is 10.1. The van der Waals surface area contributed by atoms with E-state index in [1.54, 1.807) is 27.8 Å².